The van der Waals surface area contributed by atoms with E-state index in [0.717, 1.165) is 43.7 Å². The van der Waals surface area contributed by atoms with Crippen LogP contribution in [0.2, 0.25) is 0 Å². The fraction of sp³-hybridized carbons (Fsp3) is 0.364. The lowest BCUT2D eigenvalue weighted by Crippen LogP contribution is -2.35. The van der Waals surface area contributed by atoms with Gasteiger partial charge in [-0.3, -0.25) is 9.52 Å². The average Bonchev–Trinajstić information content (AvgIpc) is 3.43. The molecule has 170 valence electrons. The van der Waals surface area contributed by atoms with Crippen molar-refractivity contribution in [2.75, 3.05) is 24.4 Å². The van der Waals surface area contributed by atoms with Crippen LogP contribution in [0.1, 0.15) is 41.6 Å². The summed E-state index contributed by atoms with van der Waals surface area (Å²) in [6.07, 6.45) is 3.22. The minimum absolute atomic E-state index is 0.0196. The standard InChI is InChI=1S/C22H25N3O4S3/c1-3-29-18-9-7-17(8-10-18)24-32(27,28)19-13-16(14-30-19)21-23-15(2)20(31-21)22(26)25-11-5-4-6-12-25/h7-10,13-14,24H,3-6,11-12H2,1-2H3. The summed E-state index contributed by atoms with van der Waals surface area (Å²) in [5.41, 5.74) is 1.85. The van der Waals surface area contributed by atoms with Crippen LogP contribution in [0.25, 0.3) is 10.6 Å². The molecule has 0 atom stereocenters. The Morgan fingerprint density at radius 2 is 1.91 bits per heavy atom. The SMILES string of the molecule is CCOc1ccc(NS(=O)(=O)c2cc(-c3nc(C)c(C(=O)N4CCCCC4)s3)cs2)cc1. The van der Waals surface area contributed by atoms with Crippen molar-refractivity contribution in [1.29, 1.82) is 0 Å². The molecule has 1 fully saturated rings. The smallest absolute Gasteiger partial charge is 0.271 e. The number of sulfonamides is 1. The van der Waals surface area contributed by atoms with E-state index in [9.17, 15) is 13.2 Å². The molecule has 1 aliphatic heterocycles. The molecule has 0 radical (unpaired) electrons. The number of nitrogens with zero attached hydrogens (tertiary/aromatic N) is 2. The number of amides is 1. The van der Waals surface area contributed by atoms with E-state index in [0.29, 0.717) is 39.2 Å². The van der Waals surface area contributed by atoms with Crippen molar-refractivity contribution >= 4 is 44.3 Å². The minimum Gasteiger partial charge on any atom is -0.494 e. The van der Waals surface area contributed by atoms with Crippen molar-refractivity contribution in [1.82, 2.24) is 9.88 Å². The Kier molecular flexibility index (Phi) is 6.82. The van der Waals surface area contributed by atoms with E-state index in [1.165, 1.54) is 11.3 Å². The lowest BCUT2D eigenvalue weighted by molar-refractivity contribution is 0.0728. The number of carbonyl (C=O) groups is 1. The van der Waals surface area contributed by atoms with Gasteiger partial charge in [0.1, 0.15) is 19.8 Å². The average molecular weight is 492 g/mol. The second kappa shape index (κ2) is 9.60. The molecule has 0 saturated carbocycles. The van der Waals surface area contributed by atoms with Gasteiger partial charge in [0.05, 0.1) is 12.3 Å². The summed E-state index contributed by atoms with van der Waals surface area (Å²) in [6.45, 7) is 5.83. The third kappa shape index (κ3) is 4.97. The van der Waals surface area contributed by atoms with Crippen LogP contribution in [-0.2, 0) is 10.0 Å². The Morgan fingerprint density at radius 1 is 1.19 bits per heavy atom. The van der Waals surface area contributed by atoms with E-state index in [-0.39, 0.29) is 10.1 Å². The van der Waals surface area contributed by atoms with Gasteiger partial charge in [0.15, 0.2) is 0 Å². The summed E-state index contributed by atoms with van der Waals surface area (Å²) >= 11 is 2.45. The summed E-state index contributed by atoms with van der Waals surface area (Å²) in [4.78, 5) is 20.0. The van der Waals surface area contributed by atoms with Gasteiger partial charge in [0.25, 0.3) is 15.9 Å². The number of nitrogens with one attached hydrogen (secondary N) is 1. The van der Waals surface area contributed by atoms with Gasteiger partial charge in [-0.1, -0.05) is 0 Å². The molecule has 0 spiro atoms. The largest absolute Gasteiger partial charge is 0.494 e. The molecule has 3 aromatic rings. The highest BCUT2D eigenvalue weighted by atomic mass is 32.2. The molecule has 1 N–H and O–H groups in total. The molecule has 0 bridgehead atoms. The van der Waals surface area contributed by atoms with Gasteiger partial charge < -0.3 is 9.64 Å². The lowest BCUT2D eigenvalue weighted by Gasteiger charge is -2.26. The second-order valence-electron chi connectivity index (χ2n) is 7.50. The van der Waals surface area contributed by atoms with Crippen LogP contribution < -0.4 is 9.46 Å². The first kappa shape index (κ1) is 22.8. The molecule has 0 unspecified atom stereocenters. The number of anilines is 1. The molecule has 1 amide bonds. The number of rotatable bonds is 7. The maximum absolute atomic E-state index is 12.9. The van der Waals surface area contributed by atoms with Crippen LogP contribution in [-0.4, -0.2) is 43.9 Å². The van der Waals surface area contributed by atoms with Crippen LogP contribution >= 0.6 is 22.7 Å². The van der Waals surface area contributed by atoms with Crippen molar-refractivity contribution in [2.45, 2.75) is 37.3 Å². The van der Waals surface area contributed by atoms with Crippen molar-refractivity contribution in [3.63, 3.8) is 0 Å². The highest BCUT2D eigenvalue weighted by Crippen LogP contribution is 2.34. The monoisotopic (exact) mass is 491 g/mol. The Bertz CT molecular complexity index is 1190. The van der Waals surface area contributed by atoms with Gasteiger partial charge >= 0.3 is 0 Å². The number of hydrogen-bond acceptors (Lipinski definition) is 7. The van der Waals surface area contributed by atoms with Crippen LogP contribution in [0.15, 0.2) is 39.9 Å². The summed E-state index contributed by atoms with van der Waals surface area (Å²) in [5, 5.41) is 2.42. The number of ether oxygens (including phenoxy) is 1. The molecular weight excluding hydrogens is 466 g/mol. The molecule has 1 saturated heterocycles. The maximum Gasteiger partial charge on any atom is 0.271 e. The van der Waals surface area contributed by atoms with E-state index in [1.54, 1.807) is 35.7 Å². The fourth-order valence-electron chi connectivity index (χ4n) is 3.52. The quantitative estimate of drug-likeness (QED) is 0.502. The molecule has 4 rings (SSSR count). The molecular formula is C22H25N3O4S3. The van der Waals surface area contributed by atoms with E-state index in [1.807, 2.05) is 18.7 Å². The molecule has 0 aliphatic carbocycles. The van der Waals surface area contributed by atoms with Gasteiger partial charge in [0.2, 0.25) is 0 Å². The van der Waals surface area contributed by atoms with Crippen LogP contribution in [0.5, 0.6) is 5.75 Å². The zero-order valence-electron chi connectivity index (χ0n) is 18.0. The number of aryl methyl sites for hydroxylation is 1. The Balaban J connectivity index is 1.51. The highest BCUT2D eigenvalue weighted by molar-refractivity contribution is 7.94. The van der Waals surface area contributed by atoms with Gasteiger partial charge in [-0.15, -0.1) is 22.7 Å². The first-order chi connectivity index (χ1) is 15.4. The molecule has 7 nitrogen and oxygen atoms in total. The van der Waals surface area contributed by atoms with Gasteiger partial charge in [-0.25, -0.2) is 13.4 Å². The second-order valence-corrected chi connectivity index (χ2v) is 11.3. The molecule has 1 aliphatic rings. The molecule has 32 heavy (non-hydrogen) atoms. The predicted octanol–water partition coefficient (Wildman–Crippen LogP) is 5.01. The number of thiazole rings is 1. The highest BCUT2D eigenvalue weighted by Gasteiger charge is 2.24. The number of benzene rings is 1. The van der Waals surface area contributed by atoms with Crippen molar-refractivity contribution < 1.29 is 17.9 Å². The third-order valence-electron chi connectivity index (χ3n) is 5.14. The van der Waals surface area contributed by atoms with E-state index in [4.69, 9.17) is 4.74 Å². The minimum atomic E-state index is -3.73. The summed E-state index contributed by atoms with van der Waals surface area (Å²) in [7, 11) is -3.73. The van der Waals surface area contributed by atoms with Crippen molar-refractivity contribution in [3.8, 4) is 16.3 Å². The first-order valence-corrected chi connectivity index (χ1v) is 13.7. The zero-order chi connectivity index (χ0) is 22.7. The number of carbonyl (C=O) groups excluding carboxylic acids is 1. The maximum atomic E-state index is 12.9. The Hall–Kier alpha value is -2.43. The Labute approximate surface area is 196 Å². The number of aromatic nitrogens is 1. The summed E-state index contributed by atoms with van der Waals surface area (Å²) < 4.78 is 33.8. The zero-order valence-corrected chi connectivity index (χ0v) is 20.4. The fourth-order valence-corrected chi connectivity index (χ4v) is 6.84. The number of likely N-dealkylation sites (tertiary alicyclic amines) is 1. The normalized spacial score (nSPS) is 14.4. The summed E-state index contributed by atoms with van der Waals surface area (Å²) in [6, 6.07) is 8.38. The predicted molar refractivity (Wildman–Crippen MR) is 128 cm³/mol. The molecule has 1 aromatic carbocycles. The van der Waals surface area contributed by atoms with E-state index >= 15 is 0 Å². The molecule has 3 heterocycles. The van der Waals surface area contributed by atoms with Crippen LogP contribution in [0.4, 0.5) is 5.69 Å². The van der Waals surface area contributed by atoms with Crippen molar-refractivity contribution in [3.05, 3.63) is 46.3 Å². The first-order valence-electron chi connectivity index (χ1n) is 10.5. The van der Waals surface area contributed by atoms with Crippen molar-refractivity contribution in [2.24, 2.45) is 0 Å². The van der Waals surface area contributed by atoms with E-state index in [2.05, 4.69) is 9.71 Å². The van der Waals surface area contributed by atoms with Gasteiger partial charge in [-0.2, -0.15) is 0 Å². The third-order valence-corrected chi connectivity index (χ3v) is 9.15. The number of hydrogen-bond donors (Lipinski definition) is 1. The number of piperidine rings is 1. The molecule has 2 aromatic heterocycles. The summed E-state index contributed by atoms with van der Waals surface area (Å²) in [5.74, 6) is 0.703. The molecule has 10 heteroatoms. The Morgan fingerprint density at radius 3 is 2.59 bits per heavy atom. The number of thiophene rings is 1. The lowest BCUT2D eigenvalue weighted by atomic mass is 10.1. The van der Waals surface area contributed by atoms with Gasteiger partial charge in [-0.05, 0) is 63.4 Å². The van der Waals surface area contributed by atoms with Crippen LogP contribution in [0, 0.1) is 6.92 Å². The van der Waals surface area contributed by atoms with Crippen LogP contribution in [0.3, 0.4) is 0 Å². The van der Waals surface area contributed by atoms with Gasteiger partial charge in [0, 0.05) is 29.7 Å². The van der Waals surface area contributed by atoms with E-state index < -0.39 is 10.0 Å². The topological polar surface area (TPSA) is 88.6 Å².